The summed E-state index contributed by atoms with van der Waals surface area (Å²) >= 11 is 0. The molecule has 112 valence electrons. The number of nitrogens with zero attached hydrogens (tertiary/aromatic N) is 1. The van der Waals surface area contributed by atoms with E-state index in [9.17, 15) is 17.6 Å². The van der Waals surface area contributed by atoms with Gasteiger partial charge in [-0.05, 0) is 24.1 Å². The van der Waals surface area contributed by atoms with Crippen LogP contribution in [0.3, 0.4) is 0 Å². The zero-order valence-electron chi connectivity index (χ0n) is 10.8. The molecule has 0 aliphatic heterocycles. The molecular weight excluding hydrogens is 288 g/mol. The highest BCUT2D eigenvalue weighted by molar-refractivity contribution is 5.44. The van der Waals surface area contributed by atoms with Gasteiger partial charge >= 0.3 is 6.61 Å². The van der Waals surface area contributed by atoms with Crippen molar-refractivity contribution in [2.45, 2.75) is 13.0 Å². The molecule has 1 heterocycles. The molecular formula is C14H12F4N2O. The van der Waals surface area contributed by atoms with Crippen LogP contribution >= 0.6 is 0 Å². The average molecular weight is 300 g/mol. The van der Waals surface area contributed by atoms with Gasteiger partial charge in [0.1, 0.15) is 11.4 Å². The van der Waals surface area contributed by atoms with E-state index >= 15 is 0 Å². The molecule has 0 saturated heterocycles. The van der Waals surface area contributed by atoms with Crippen molar-refractivity contribution >= 4 is 5.69 Å². The van der Waals surface area contributed by atoms with Crippen LogP contribution in [-0.2, 0) is 6.42 Å². The Morgan fingerprint density at radius 2 is 1.67 bits per heavy atom. The number of rotatable bonds is 6. The minimum Gasteiger partial charge on any atom is -0.435 e. The molecule has 0 unspecified atom stereocenters. The first-order chi connectivity index (χ1) is 10.1. The Kier molecular flexibility index (Phi) is 4.97. The molecule has 1 aromatic carbocycles. The molecule has 0 atom stereocenters. The summed E-state index contributed by atoms with van der Waals surface area (Å²) < 4.78 is 54.8. The van der Waals surface area contributed by atoms with Crippen LogP contribution in [-0.4, -0.2) is 18.1 Å². The van der Waals surface area contributed by atoms with Gasteiger partial charge in [0.15, 0.2) is 11.6 Å². The van der Waals surface area contributed by atoms with Crippen molar-refractivity contribution in [2.75, 3.05) is 11.9 Å². The highest BCUT2D eigenvalue weighted by Crippen LogP contribution is 2.18. The molecule has 7 heteroatoms. The number of nitrogens with one attached hydrogen (secondary N) is 1. The summed E-state index contributed by atoms with van der Waals surface area (Å²) in [7, 11) is 0. The van der Waals surface area contributed by atoms with Crippen LogP contribution in [0.2, 0.25) is 0 Å². The Morgan fingerprint density at radius 1 is 1.05 bits per heavy atom. The molecule has 21 heavy (non-hydrogen) atoms. The maximum absolute atomic E-state index is 13.3. The zero-order chi connectivity index (χ0) is 15.2. The second kappa shape index (κ2) is 6.92. The fourth-order valence-electron chi connectivity index (χ4n) is 1.75. The van der Waals surface area contributed by atoms with Crippen molar-refractivity contribution in [1.82, 2.24) is 4.98 Å². The van der Waals surface area contributed by atoms with E-state index < -0.39 is 18.2 Å². The van der Waals surface area contributed by atoms with Gasteiger partial charge in [0.25, 0.3) is 0 Å². The number of aromatic nitrogens is 1. The number of ether oxygens (including phenoxy) is 1. The van der Waals surface area contributed by atoms with E-state index in [1.54, 1.807) is 12.1 Å². The van der Waals surface area contributed by atoms with Gasteiger partial charge in [0.2, 0.25) is 0 Å². The van der Waals surface area contributed by atoms with Gasteiger partial charge in [0.05, 0.1) is 12.4 Å². The molecule has 2 rings (SSSR count). The van der Waals surface area contributed by atoms with Gasteiger partial charge in [-0.25, -0.2) is 8.78 Å². The summed E-state index contributed by atoms with van der Waals surface area (Å²) in [5.74, 6) is -1.47. The summed E-state index contributed by atoms with van der Waals surface area (Å²) in [6.07, 6.45) is 2.31. The molecule has 0 bridgehead atoms. The fourth-order valence-corrected chi connectivity index (χ4v) is 1.75. The van der Waals surface area contributed by atoms with E-state index in [0.717, 1.165) is 18.0 Å². The summed E-state index contributed by atoms with van der Waals surface area (Å²) in [5, 5.41) is 2.64. The van der Waals surface area contributed by atoms with E-state index in [2.05, 4.69) is 15.0 Å². The topological polar surface area (TPSA) is 34.2 Å². The second-order valence-electron chi connectivity index (χ2n) is 4.18. The summed E-state index contributed by atoms with van der Waals surface area (Å²) in [5.41, 5.74) is 0.585. The third-order valence-electron chi connectivity index (χ3n) is 2.72. The summed E-state index contributed by atoms with van der Waals surface area (Å²) in [6, 6.07) is 6.04. The van der Waals surface area contributed by atoms with Crippen molar-refractivity contribution in [3.63, 3.8) is 0 Å². The molecule has 0 spiro atoms. The van der Waals surface area contributed by atoms with Crippen LogP contribution in [0.1, 0.15) is 5.56 Å². The van der Waals surface area contributed by atoms with Crippen molar-refractivity contribution < 1.29 is 22.3 Å². The smallest absolute Gasteiger partial charge is 0.387 e. The lowest BCUT2D eigenvalue weighted by Crippen LogP contribution is -2.08. The number of alkyl halides is 2. The zero-order valence-corrected chi connectivity index (χ0v) is 10.8. The van der Waals surface area contributed by atoms with Crippen LogP contribution in [0.15, 0.2) is 36.7 Å². The van der Waals surface area contributed by atoms with E-state index in [1.165, 1.54) is 12.1 Å². The fraction of sp³-hybridized carbons (Fsp3) is 0.214. The monoisotopic (exact) mass is 300 g/mol. The highest BCUT2D eigenvalue weighted by Gasteiger charge is 2.08. The number of pyridine rings is 1. The van der Waals surface area contributed by atoms with E-state index in [-0.39, 0.29) is 18.0 Å². The number of hydrogen-bond donors (Lipinski definition) is 1. The molecule has 1 N–H and O–H groups in total. The van der Waals surface area contributed by atoms with Gasteiger partial charge in [-0.3, -0.25) is 4.98 Å². The summed E-state index contributed by atoms with van der Waals surface area (Å²) in [4.78, 5) is 3.38. The predicted octanol–water partition coefficient (Wildman–Crippen LogP) is 3.62. The maximum Gasteiger partial charge on any atom is 0.387 e. The quantitative estimate of drug-likeness (QED) is 0.827. The molecule has 0 saturated carbocycles. The van der Waals surface area contributed by atoms with E-state index in [1.807, 2.05) is 0 Å². The van der Waals surface area contributed by atoms with Gasteiger partial charge < -0.3 is 10.1 Å². The standard InChI is InChI=1S/C14H12F4N2O/c15-11-7-19-8-12(16)13(11)20-6-5-9-1-3-10(4-2-9)21-14(17)18/h1-4,7-8,14H,5-6H2,(H,19,20). The summed E-state index contributed by atoms with van der Waals surface area (Å²) in [6.45, 7) is -2.58. The Hall–Kier alpha value is -2.31. The minimum absolute atomic E-state index is 0.0629. The second-order valence-corrected chi connectivity index (χ2v) is 4.18. The normalized spacial score (nSPS) is 10.7. The van der Waals surface area contributed by atoms with E-state index in [0.29, 0.717) is 6.42 Å². The van der Waals surface area contributed by atoms with Gasteiger partial charge in [-0.15, -0.1) is 0 Å². The lowest BCUT2D eigenvalue weighted by atomic mass is 10.1. The van der Waals surface area contributed by atoms with Crippen LogP contribution in [0.25, 0.3) is 0 Å². The lowest BCUT2D eigenvalue weighted by molar-refractivity contribution is -0.0498. The first-order valence-electron chi connectivity index (χ1n) is 6.13. The van der Waals surface area contributed by atoms with Crippen LogP contribution < -0.4 is 10.1 Å². The number of anilines is 1. The first-order valence-corrected chi connectivity index (χ1v) is 6.13. The number of hydrogen-bond acceptors (Lipinski definition) is 3. The van der Waals surface area contributed by atoms with Crippen LogP contribution in [0.4, 0.5) is 23.2 Å². The maximum atomic E-state index is 13.3. The third kappa shape index (κ3) is 4.34. The molecule has 0 radical (unpaired) electrons. The van der Waals surface area contributed by atoms with Gasteiger partial charge in [-0.2, -0.15) is 8.78 Å². The highest BCUT2D eigenvalue weighted by atomic mass is 19.3. The van der Waals surface area contributed by atoms with Crippen LogP contribution in [0, 0.1) is 11.6 Å². The minimum atomic E-state index is -2.87. The van der Waals surface area contributed by atoms with Crippen molar-refractivity contribution in [1.29, 1.82) is 0 Å². The molecule has 0 aliphatic rings. The van der Waals surface area contributed by atoms with Gasteiger partial charge in [0, 0.05) is 6.54 Å². The number of benzene rings is 1. The first kappa shape index (κ1) is 15.1. The van der Waals surface area contributed by atoms with E-state index in [4.69, 9.17) is 0 Å². The van der Waals surface area contributed by atoms with Crippen molar-refractivity contribution in [2.24, 2.45) is 0 Å². The molecule has 0 amide bonds. The number of halogens is 4. The largest absolute Gasteiger partial charge is 0.435 e. The molecule has 3 nitrogen and oxygen atoms in total. The van der Waals surface area contributed by atoms with Gasteiger partial charge in [-0.1, -0.05) is 12.1 Å². The molecule has 2 aromatic rings. The SMILES string of the molecule is Fc1cncc(F)c1NCCc1ccc(OC(F)F)cc1. The van der Waals surface area contributed by atoms with Crippen LogP contribution in [0.5, 0.6) is 5.75 Å². The predicted molar refractivity (Wildman–Crippen MR) is 69.4 cm³/mol. The molecule has 1 aromatic heterocycles. The van der Waals surface area contributed by atoms with Crippen molar-refractivity contribution in [3.8, 4) is 5.75 Å². The Balaban J connectivity index is 1.89. The molecule has 0 aliphatic carbocycles. The third-order valence-corrected chi connectivity index (χ3v) is 2.72. The molecule has 0 fully saturated rings. The Morgan fingerprint density at radius 3 is 2.24 bits per heavy atom. The average Bonchev–Trinajstić information content (AvgIpc) is 2.43. The van der Waals surface area contributed by atoms with Crippen molar-refractivity contribution in [3.05, 3.63) is 53.9 Å². The Labute approximate surface area is 118 Å². The lowest BCUT2D eigenvalue weighted by Gasteiger charge is -2.09. The Bertz CT molecular complexity index is 570.